The highest BCUT2D eigenvalue weighted by Crippen LogP contribution is 2.22. The lowest BCUT2D eigenvalue weighted by molar-refractivity contribution is 0.0884. The van der Waals surface area contributed by atoms with E-state index in [1.807, 2.05) is 6.92 Å². The number of nitrogens with one attached hydrogen (secondary N) is 1. The number of aromatic nitrogens is 3. The summed E-state index contributed by atoms with van der Waals surface area (Å²) < 4.78 is 5.77. The molecule has 0 saturated heterocycles. The van der Waals surface area contributed by atoms with Crippen molar-refractivity contribution in [2.75, 3.05) is 0 Å². The molecular formula is C17H20N4O2. The largest absolute Gasteiger partial charge is 0.460 e. The molecule has 0 atom stereocenters. The molecule has 0 aromatic carbocycles. The normalized spacial score (nSPS) is 20.7. The molecule has 2 aromatic rings. The molecule has 1 aliphatic carbocycles. The fraction of sp³-hybridized carbons (Fsp3) is 0.412. The van der Waals surface area contributed by atoms with E-state index in [0.717, 1.165) is 31.4 Å². The lowest BCUT2D eigenvalue weighted by Crippen LogP contribution is -2.40. The number of rotatable bonds is 4. The molecule has 23 heavy (non-hydrogen) atoms. The summed E-state index contributed by atoms with van der Waals surface area (Å²) in [6.45, 7) is 1.85. The first kappa shape index (κ1) is 15.4. The monoisotopic (exact) mass is 312 g/mol. The maximum Gasteiger partial charge on any atom is 0.316 e. The van der Waals surface area contributed by atoms with Gasteiger partial charge in [-0.2, -0.15) is 0 Å². The van der Waals surface area contributed by atoms with Crippen molar-refractivity contribution in [3.63, 3.8) is 0 Å². The molecule has 0 unspecified atom stereocenters. The smallest absolute Gasteiger partial charge is 0.316 e. The molecular weight excluding hydrogens is 292 g/mol. The number of pyridine rings is 1. The SMILES string of the molecule is Cc1ncccc1C(=O)NC1CCC(Oc2ncccn2)CC1. The van der Waals surface area contributed by atoms with Gasteiger partial charge in [0.2, 0.25) is 0 Å². The molecule has 6 heteroatoms. The van der Waals surface area contributed by atoms with Crippen LogP contribution < -0.4 is 10.1 Å². The van der Waals surface area contributed by atoms with Crippen molar-refractivity contribution in [3.05, 3.63) is 48.0 Å². The van der Waals surface area contributed by atoms with Crippen LogP contribution in [0.2, 0.25) is 0 Å². The zero-order valence-corrected chi connectivity index (χ0v) is 13.1. The Morgan fingerprint density at radius 2 is 1.78 bits per heavy atom. The minimum atomic E-state index is -0.0497. The fourth-order valence-corrected chi connectivity index (χ4v) is 2.81. The number of nitrogens with zero attached hydrogens (tertiary/aromatic N) is 3. The standard InChI is InChI=1S/C17H20N4O2/c1-12-15(4-2-9-18-12)16(22)21-13-5-7-14(8-6-13)23-17-19-10-3-11-20-17/h2-4,9-11,13-14H,5-8H2,1H3,(H,21,22). The Morgan fingerprint density at radius 3 is 2.48 bits per heavy atom. The van der Waals surface area contributed by atoms with Crippen molar-refractivity contribution in [2.45, 2.75) is 44.8 Å². The Hall–Kier alpha value is -2.50. The molecule has 0 aliphatic heterocycles. The van der Waals surface area contributed by atoms with Gasteiger partial charge in [-0.25, -0.2) is 9.97 Å². The number of carbonyl (C=O) groups is 1. The van der Waals surface area contributed by atoms with Gasteiger partial charge >= 0.3 is 6.01 Å². The summed E-state index contributed by atoms with van der Waals surface area (Å²) in [6, 6.07) is 5.95. The molecule has 0 bridgehead atoms. The van der Waals surface area contributed by atoms with Crippen LogP contribution in [-0.4, -0.2) is 33.0 Å². The van der Waals surface area contributed by atoms with Crippen LogP contribution in [-0.2, 0) is 0 Å². The van der Waals surface area contributed by atoms with Gasteiger partial charge in [-0.05, 0) is 50.8 Å². The van der Waals surface area contributed by atoms with Gasteiger partial charge in [-0.15, -0.1) is 0 Å². The Kier molecular flexibility index (Phi) is 4.80. The molecule has 120 valence electrons. The summed E-state index contributed by atoms with van der Waals surface area (Å²) >= 11 is 0. The van der Waals surface area contributed by atoms with Crippen LogP contribution in [0, 0.1) is 6.92 Å². The Labute approximate surface area is 135 Å². The van der Waals surface area contributed by atoms with Crippen LogP contribution in [0.3, 0.4) is 0 Å². The molecule has 6 nitrogen and oxygen atoms in total. The second kappa shape index (κ2) is 7.17. The van der Waals surface area contributed by atoms with Gasteiger partial charge in [0.15, 0.2) is 0 Å². The molecule has 2 aromatic heterocycles. The Balaban J connectivity index is 1.49. The molecule has 1 fully saturated rings. The number of hydrogen-bond donors (Lipinski definition) is 1. The predicted molar refractivity (Wildman–Crippen MR) is 85.1 cm³/mol. The first-order chi connectivity index (χ1) is 11.2. The van der Waals surface area contributed by atoms with Crippen molar-refractivity contribution < 1.29 is 9.53 Å². The van der Waals surface area contributed by atoms with Crippen molar-refractivity contribution >= 4 is 5.91 Å². The van der Waals surface area contributed by atoms with Gasteiger partial charge in [-0.3, -0.25) is 9.78 Å². The van der Waals surface area contributed by atoms with E-state index < -0.39 is 0 Å². The summed E-state index contributed by atoms with van der Waals surface area (Å²) in [4.78, 5) is 24.6. The maximum absolute atomic E-state index is 12.3. The first-order valence-corrected chi connectivity index (χ1v) is 7.88. The minimum absolute atomic E-state index is 0.0497. The topological polar surface area (TPSA) is 77.0 Å². The van der Waals surface area contributed by atoms with E-state index in [9.17, 15) is 4.79 Å². The number of hydrogen-bond acceptors (Lipinski definition) is 5. The molecule has 3 rings (SSSR count). The second-order valence-corrected chi connectivity index (χ2v) is 5.73. The molecule has 1 amide bonds. The molecule has 1 saturated carbocycles. The number of amides is 1. The third-order valence-electron chi connectivity index (χ3n) is 4.08. The average Bonchev–Trinajstić information content (AvgIpc) is 2.58. The number of aryl methyl sites for hydroxylation is 1. The number of carbonyl (C=O) groups excluding carboxylic acids is 1. The lowest BCUT2D eigenvalue weighted by Gasteiger charge is -2.28. The van der Waals surface area contributed by atoms with E-state index in [-0.39, 0.29) is 18.1 Å². The van der Waals surface area contributed by atoms with E-state index in [4.69, 9.17) is 4.74 Å². The van der Waals surface area contributed by atoms with E-state index in [1.165, 1.54) is 0 Å². The third-order valence-corrected chi connectivity index (χ3v) is 4.08. The highest BCUT2D eigenvalue weighted by atomic mass is 16.5. The van der Waals surface area contributed by atoms with Gasteiger partial charge in [0.1, 0.15) is 6.10 Å². The molecule has 2 heterocycles. The van der Waals surface area contributed by atoms with Gasteiger partial charge in [-0.1, -0.05) is 0 Å². The molecule has 0 spiro atoms. The van der Waals surface area contributed by atoms with Gasteiger partial charge < -0.3 is 10.1 Å². The summed E-state index contributed by atoms with van der Waals surface area (Å²) in [6.07, 6.45) is 8.70. The van der Waals surface area contributed by atoms with Crippen LogP contribution in [0.15, 0.2) is 36.8 Å². The molecule has 1 N–H and O–H groups in total. The highest BCUT2D eigenvalue weighted by Gasteiger charge is 2.24. The first-order valence-electron chi connectivity index (χ1n) is 7.88. The van der Waals surface area contributed by atoms with E-state index in [1.54, 1.807) is 36.8 Å². The predicted octanol–water partition coefficient (Wildman–Crippen LogP) is 2.30. The summed E-state index contributed by atoms with van der Waals surface area (Å²) in [7, 11) is 0. The van der Waals surface area contributed by atoms with Gasteiger partial charge in [0, 0.05) is 30.3 Å². The highest BCUT2D eigenvalue weighted by molar-refractivity contribution is 5.95. The quantitative estimate of drug-likeness (QED) is 0.937. The third kappa shape index (κ3) is 4.03. The van der Waals surface area contributed by atoms with Crippen molar-refractivity contribution in [3.8, 4) is 6.01 Å². The summed E-state index contributed by atoms with van der Waals surface area (Å²) in [5, 5.41) is 3.09. The van der Waals surface area contributed by atoms with Crippen LogP contribution in [0.1, 0.15) is 41.7 Å². The number of ether oxygens (including phenoxy) is 1. The average molecular weight is 312 g/mol. The second-order valence-electron chi connectivity index (χ2n) is 5.73. The van der Waals surface area contributed by atoms with E-state index in [2.05, 4.69) is 20.3 Å². The van der Waals surface area contributed by atoms with Crippen LogP contribution in [0.25, 0.3) is 0 Å². The lowest BCUT2D eigenvalue weighted by atomic mass is 9.92. The Morgan fingerprint density at radius 1 is 1.09 bits per heavy atom. The minimum Gasteiger partial charge on any atom is -0.460 e. The van der Waals surface area contributed by atoms with Crippen molar-refractivity contribution in [1.29, 1.82) is 0 Å². The van der Waals surface area contributed by atoms with Crippen molar-refractivity contribution in [1.82, 2.24) is 20.3 Å². The van der Waals surface area contributed by atoms with Crippen LogP contribution in [0.5, 0.6) is 6.01 Å². The molecule has 1 aliphatic rings. The van der Waals surface area contributed by atoms with Crippen LogP contribution in [0.4, 0.5) is 0 Å². The van der Waals surface area contributed by atoms with E-state index in [0.29, 0.717) is 11.6 Å². The summed E-state index contributed by atoms with van der Waals surface area (Å²) in [5.74, 6) is -0.0497. The fourth-order valence-electron chi connectivity index (χ4n) is 2.81. The van der Waals surface area contributed by atoms with Crippen molar-refractivity contribution in [2.24, 2.45) is 0 Å². The summed E-state index contributed by atoms with van der Waals surface area (Å²) in [5.41, 5.74) is 1.40. The van der Waals surface area contributed by atoms with Gasteiger partial charge in [0.05, 0.1) is 5.56 Å². The Bertz CT molecular complexity index is 655. The van der Waals surface area contributed by atoms with Gasteiger partial charge in [0.25, 0.3) is 5.91 Å². The zero-order chi connectivity index (χ0) is 16.1. The zero-order valence-electron chi connectivity index (χ0n) is 13.1. The molecule has 0 radical (unpaired) electrons. The maximum atomic E-state index is 12.3. The van der Waals surface area contributed by atoms with E-state index >= 15 is 0 Å². The van der Waals surface area contributed by atoms with Crippen LogP contribution >= 0.6 is 0 Å².